The highest BCUT2D eigenvalue weighted by Crippen LogP contribution is 2.63. The lowest BCUT2D eigenvalue weighted by molar-refractivity contribution is 0.794. The molecule has 0 radical (unpaired) electrons. The zero-order valence-electron chi connectivity index (χ0n) is 33.3. The molecule has 2 aliphatic carbocycles. The number of hydrogen-bond acceptors (Lipinski definition) is 2. The van der Waals surface area contributed by atoms with Gasteiger partial charge in [0.1, 0.15) is 0 Å². The molecule has 2 aliphatic rings. The first kappa shape index (κ1) is 35.0. The predicted molar refractivity (Wildman–Crippen MR) is 251 cm³/mol. The van der Waals surface area contributed by atoms with Gasteiger partial charge in [-0.05, 0) is 108 Å². The van der Waals surface area contributed by atoms with E-state index in [0.29, 0.717) is 5.82 Å². The molecule has 0 fully saturated rings. The average Bonchev–Trinajstić information content (AvgIpc) is 3.82. The van der Waals surface area contributed by atoms with E-state index in [0.717, 1.165) is 50.3 Å². The van der Waals surface area contributed by atoms with E-state index in [1.165, 1.54) is 55.6 Å². The summed E-state index contributed by atoms with van der Waals surface area (Å²) >= 11 is 0. The van der Waals surface area contributed by atoms with Crippen LogP contribution in [0, 0.1) is 0 Å². The fourth-order valence-electron chi connectivity index (χ4n) is 9.96. The topological polar surface area (TPSA) is 25.8 Å². The molecular formula is C59H38N2. The number of benzene rings is 9. The summed E-state index contributed by atoms with van der Waals surface area (Å²) in [5.74, 6) is 0.691. The van der Waals surface area contributed by atoms with Crippen molar-refractivity contribution in [3.63, 3.8) is 0 Å². The van der Waals surface area contributed by atoms with Crippen LogP contribution in [0.3, 0.4) is 0 Å². The van der Waals surface area contributed by atoms with Crippen molar-refractivity contribution >= 4 is 0 Å². The Labute approximate surface area is 356 Å². The van der Waals surface area contributed by atoms with E-state index in [9.17, 15) is 0 Å². The van der Waals surface area contributed by atoms with E-state index in [4.69, 9.17) is 9.97 Å². The average molecular weight is 775 g/mol. The van der Waals surface area contributed by atoms with Crippen LogP contribution in [0.25, 0.3) is 89.5 Å². The molecule has 1 heterocycles. The van der Waals surface area contributed by atoms with Crippen LogP contribution in [0.4, 0.5) is 0 Å². The highest BCUT2D eigenvalue weighted by Gasteiger charge is 2.51. The van der Waals surface area contributed by atoms with Crippen LogP contribution in [0.15, 0.2) is 231 Å². The van der Waals surface area contributed by atoms with Crippen LogP contribution in [-0.4, -0.2) is 9.97 Å². The van der Waals surface area contributed by atoms with Gasteiger partial charge in [-0.25, -0.2) is 9.97 Å². The summed E-state index contributed by atoms with van der Waals surface area (Å²) in [4.78, 5) is 10.6. The van der Waals surface area contributed by atoms with Crippen molar-refractivity contribution < 1.29 is 0 Å². The second-order valence-electron chi connectivity index (χ2n) is 16.1. The minimum absolute atomic E-state index is 0.397. The van der Waals surface area contributed by atoms with Gasteiger partial charge in [-0.3, -0.25) is 0 Å². The number of fused-ring (bicyclic) bond motifs is 10. The van der Waals surface area contributed by atoms with E-state index in [2.05, 4.69) is 231 Å². The van der Waals surface area contributed by atoms with Crippen LogP contribution in [-0.2, 0) is 5.41 Å². The molecule has 0 aliphatic heterocycles. The van der Waals surface area contributed by atoms with Crippen LogP contribution < -0.4 is 0 Å². The molecule has 10 aromatic rings. The van der Waals surface area contributed by atoms with Gasteiger partial charge in [0.25, 0.3) is 0 Å². The molecule has 0 N–H and O–H groups in total. The van der Waals surface area contributed by atoms with E-state index < -0.39 is 5.41 Å². The third kappa shape index (κ3) is 5.64. The quantitative estimate of drug-likeness (QED) is 0.168. The molecule has 9 aromatic carbocycles. The third-order valence-corrected chi connectivity index (χ3v) is 12.7. The first-order valence-corrected chi connectivity index (χ1v) is 21.0. The molecule has 2 nitrogen and oxygen atoms in total. The summed E-state index contributed by atoms with van der Waals surface area (Å²) < 4.78 is 0. The molecule has 0 unspecified atom stereocenters. The third-order valence-electron chi connectivity index (χ3n) is 12.7. The van der Waals surface area contributed by atoms with Gasteiger partial charge in [-0.2, -0.15) is 0 Å². The largest absolute Gasteiger partial charge is 0.228 e. The van der Waals surface area contributed by atoms with Gasteiger partial charge in [0.2, 0.25) is 0 Å². The zero-order valence-corrected chi connectivity index (χ0v) is 33.3. The molecule has 12 rings (SSSR count). The standard InChI is InChI=1S/C59H38N2/c1-3-16-39(17-4-1)41-20-13-23-45(34-41)56-38-57(61-58(60-56)47-25-15-21-42(36-47)40-18-5-2-6-19-40)46-24-14-22-43(35-46)44-32-33-51-50-28-9-12-31-54(50)59(55(51)37-44)52-29-10-7-26-48(52)49-27-8-11-30-53(49)59/h1-38H. The number of rotatable bonds is 6. The molecule has 1 aromatic heterocycles. The van der Waals surface area contributed by atoms with Crippen LogP contribution in [0.1, 0.15) is 22.3 Å². The summed E-state index contributed by atoms with van der Waals surface area (Å²) in [7, 11) is 0. The maximum atomic E-state index is 5.33. The van der Waals surface area contributed by atoms with Gasteiger partial charge in [0, 0.05) is 16.7 Å². The summed E-state index contributed by atoms with van der Waals surface area (Å²) in [6.07, 6.45) is 0. The van der Waals surface area contributed by atoms with Crippen molar-refractivity contribution in [2.45, 2.75) is 5.41 Å². The molecule has 61 heavy (non-hydrogen) atoms. The molecule has 0 bridgehead atoms. The highest BCUT2D eigenvalue weighted by molar-refractivity contribution is 5.96. The SMILES string of the molecule is c1ccc(-c2cccc(-c3cc(-c4cccc(-c5ccc6c(c5)C5(c7ccccc7-c7ccccc75)c5ccccc5-6)c4)nc(-c4cccc(-c5ccccc5)c4)n3)c2)cc1. The summed E-state index contributed by atoms with van der Waals surface area (Å²) in [6, 6.07) is 83.3. The van der Waals surface area contributed by atoms with Gasteiger partial charge < -0.3 is 0 Å². The Bertz CT molecular complexity index is 3140. The van der Waals surface area contributed by atoms with E-state index in [-0.39, 0.29) is 0 Å². The fraction of sp³-hybridized carbons (Fsp3) is 0.0169. The monoisotopic (exact) mass is 774 g/mol. The molecule has 0 saturated carbocycles. The van der Waals surface area contributed by atoms with E-state index in [1.807, 2.05) is 0 Å². The van der Waals surface area contributed by atoms with Gasteiger partial charge in [-0.15, -0.1) is 0 Å². The zero-order chi connectivity index (χ0) is 40.3. The van der Waals surface area contributed by atoms with E-state index >= 15 is 0 Å². The Morgan fingerprint density at radius 2 is 0.590 bits per heavy atom. The minimum atomic E-state index is -0.397. The summed E-state index contributed by atoms with van der Waals surface area (Å²) in [5.41, 5.74) is 21.9. The van der Waals surface area contributed by atoms with Crippen molar-refractivity contribution in [1.29, 1.82) is 0 Å². The molecule has 0 atom stereocenters. The van der Waals surface area contributed by atoms with Crippen molar-refractivity contribution in [2.75, 3.05) is 0 Å². The number of nitrogens with zero attached hydrogens (tertiary/aromatic N) is 2. The highest BCUT2D eigenvalue weighted by atomic mass is 14.9. The van der Waals surface area contributed by atoms with Gasteiger partial charge in [0.15, 0.2) is 5.82 Å². The molecule has 2 heteroatoms. The lowest BCUT2D eigenvalue weighted by Crippen LogP contribution is -2.25. The van der Waals surface area contributed by atoms with Crippen molar-refractivity contribution in [1.82, 2.24) is 9.97 Å². The predicted octanol–water partition coefficient (Wildman–Crippen LogP) is 14.8. The molecular weight excluding hydrogens is 737 g/mol. The van der Waals surface area contributed by atoms with Gasteiger partial charge in [-0.1, -0.05) is 200 Å². The normalized spacial score (nSPS) is 12.7. The Hall–Kier alpha value is -7.94. The number of hydrogen-bond donors (Lipinski definition) is 0. The van der Waals surface area contributed by atoms with Crippen molar-refractivity contribution in [3.05, 3.63) is 253 Å². The lowest BCUT2D eigenvalue weighted by Gasteiger charge is -2.30. The first-order valence-electron chi connectivity index (χ1n) is 21.0. The Morgan fingerprint density at radius 1 is 0.230 bits per heavy atom. The van der Waals surface area contributed by atoms with Crippen LogP contribution in [0.5, 0.6) is 0 Å². The minimum Gasteiger partial charge on any atom is -0.228 e. The molecule has 0 saturated heterocycles. The van der Waals surface area contributed by atoms with Crippen molar-refractivity contribution in [3.8, 4) is 89.5 Å². The summed E-state index contributed by atoms with van der Waals surface area (Å²) in [5, 5.41) is 0. The lowest BCUT2D eigenvalue weighted by atomic mass is 9.70. The maximum absolute atomic E-state index is 5.33. The van der Waals surface area contributed by atoms with E-state index in [1.54, 1.807) is 0 Å². The van der Waals surface area contributed by atoms with Crippen LogP contribution >= 0.6 is 0 Å². The Balaban J connectivity index is 1.01. The molecule has 0 amide bonds. The molecule has 284 valence electrons. The maximum Gasteiger partial charge on any atom is 0.160 e. The second-order valence-corrected chi connectivity index (χ2v) is 16.1. The Morgan fingerprint density at radius 3 is 1.10 bits per heavy atom. The number of aromatic nitrogens is 2. The van der Waals surface area contributed by atoms with Gasteiger partial charge >= 0.3 is 0 Å². The Kier molecular flexibility index (Phi) is 8.11. The second kappa shape index (κ2) is 14.1. The van der Waals surface area contributed by atoms with Gasteiger partial charge in [0.05, 0.1) is 16.8 Å². The molecule has 1 spiro atoms. The smallest absolute Gasteiger partial charge is 0.160 e. The summed E-state index contributed by atoms with van der Waals surface area (Å²) in [6.45, 7) is 0. The fourth-order valence-corrected chi connectivity index (χ4v) is 9.96. The van der Waals surface area contributed by atoms with Crippen LogP contribution in [0.2, 0.25) is 0 Å². The first-order chi connectivity index (χ1) is 30.2. The van der Waals surface area contributed by atoms with Crippen molar-refractivity contribution in [2.24, 2.45) is 0 Å².